The molecule has 32 heavy (non-hydrogen) atoms. The lowest BCUT2D eigenvalue weighted by atomic mass is 10.1. The van der Waals surface area contributed by atoms with E-state index in [0.717, 1.165) is 11.1 Å². The quantitative estimate of drug-likeness (QED) is 0.551. The fourth-order valence-corrected chi connectivity index (χ4v) is 3.05. The van der Waals surface area contributed by atoms with E-state index in [4.69, 9.17) is 4.74 Å². The first-order valence-electron chi connectivity index (χ1n) is 10.1. The highest BCUT2D eigenvalue weighted by Crippen LogP contribution is 2.18. The molecule has 2 aromatic carbocycles. The Morgan fingerprint density at radius 1 is 1.03 bits per heavy atom. The number of hydrogen-bond donors (Lipinski definition) is 2. The lowest BCUT2D eigenvalue weighted by molar-refractivity contribution is -0.117. The molecule has 0 saturated carbocycles. The van der Waals surface area contributed by atoms with E-state index in [1.54, 1.807) is 32.0 Å². The van der Waals surface area contributed by atoms with Gasteiger partial charge in [-0.3, -0.25) is 9.59 Å². The Hall–Kier alpha value is -4.01. The molecular formula is C23H25N5O4. The summed E-state index contributed by atoms with van der Waals surface area (Å²) in [5.41, 5.74) is 4.04. The van der Waals surface area contributed by atoms with E-state index in [1.165, 1.54) is 10.7 Å². The van der Waals surface area contributed by atoms with Gasteiger partial charge in [-0.2, -0.15) is 0 Å². The second kappa shape index (κ2) is 9.86. The molecule has 0 aliphatic carbocycles. The number of nitrogens with one attached hydrogen (secondary N) is 2. The van der Waals surface area contributed by atoms with Crippen molar-refractivity contribution < 1.29 is 19.1 Å². The van der Waals surface area contributed by atoms with Crippen LogP contribution in [0.3, 0.4) is 0 Å². The third-order valence-electron chi connectivity index (χ3n) is 4.79. The Kier molecular flexibility index (Phi) is 6.99. The van der Waals surface area contributed by atoms with E-state index < -0.39 is 11.9 Å². The number of aromatic nitrogens is 3. The van der Waals surface area contributed by atoms with E-state index in [-0.39, 0.29) is 24.8 Å². The number of hydrogen-bond acceptors (Lipinski definition) is 6. The minimum atomic E-state index is -0.463. The van der Waals surface area contributed by atoms with E-state index in [0.29, 0.717) is 22.6 Å². The normalized spacial score (nSPS) is 10.5. The number of esters is 1. The van der Waals surface area contributed by atoms with Crippen LogP contribution in [0.1, 0.15) is 44.6 Å². The summed E-state index contributed by atoms with van der Waals surface area (Å²) >= 11 is 0. The molecule has 3 rings (SSSR count). The maximum Gasteiger partial charge on any atom is 0.338 e. The van der Waals surface area contributed by atoms with Crippen LogP contribution in [0.2, 0.25) is 0 Å². The zero-order valence-electron chi connectivity index (χ0n) is 18.4. The van der Waals surface area contributed by atoms with Crippen molar-refractivity contribution in [2.75, 3.05) is 17.2 Å². The average Bonchev–Trinajstić information content (AvgIpc) is 3.11. The number of carbonyl (C=O) groups is 3. The highest BCUT2D eigenvalue weighted by atomic mass is 16.5. The second-order valence-electron chi connectivity index (χ2n) is 7.30. The predicted molar refractivity (Wildman–Crippen MR) is 120 cm³/mol. The van der Waals surface area contributed by atoms with Gasteiger partial charge in [-0.1, -0.05) is 23.4 Å². The molecule has 2 N–H and O–H groups in total. The molecule has 0 radical (unpaired) electrons. The van der Waals surface area contributed by atoms with Crippen LogP contribution in [-0.4, -0.2) is 39.4 Å². The maximum absolute atomic E-state index is 12.7. The van der Waals surface area contributed by atoms with E-state index >= 15 is 0 Å². The summed E-state index contributed by atoms with van der Waals surface area (Å²) in [6.45, 7) is 7.37. The van der Waals surface area contributed by atoms with Crippen LogP contribution in [-0.2, 0) is 16.1 Å². The van der Waals surface area contributed by atoms with Crippen LogP contribution >= 0.6 is 0 Å². The number of aryl methyl sites for hydroxylation is 2. The van der Waals surface area contributed by atoms with Gasteiger partial charge in [-0.05, 0) is 63.1 Å². The Labute approximate surface area is 185 Å². The summed E-state index contributed by atoms with van der Waals surface area (Å²) < 4.78 is 6.32. The van der Waals surface area contributed by atoms with Crippen molar-refractivity contribution in [2.24, 2.45) is 0 Å². The van der Waals surface area contributed by atoms with Gasteiger partial charge >= 0.3 is 5.97 Å². The number of nitrogens with zero attached hydrogens (tertiary/aromatic N) is 3. The van der Waals surface area contributed by atoms with Gasteiger partial charge < -0.3 is 15.4 Å². The molecule has 0 atom stereocenters. The molecule has 1 heterocycles. The number of rotatable bonds is 7. The van der Waals surface area contributed by atoms with Crippen LogP contribution in [0.5, 0.6) is 0 Å². The Balaban J connectivity index is 1.67. The third kappa shape index (κ3) is 5.37. The van der Waals surface area contributed by atoms with Crippen LogP contribution < -0.4 is 10.6 Å². The van der Waals surface area contributed by atoms with Crippen molar-refractivity contribution >= 4 is 29.2 Å². The molecule has 3 aromatic rings. The maximum atomic E-state index is 12.7. The number of benzene rings is 2. The van der Waals surface area contributed by atoms with Gasteiger partial charge in [0.25, 0.3) is 5.91 Å². The average molecular weight is 435 g/mol. The first kappa shape index (κ1) is 22.7. The van der Waals surface area contributed by atoms with Crippen molar-refractivity contribution in [3.05, 3.63) is 70.5 Å². The molecular weight excluding hydrogens is 410 g/mol. The fraction of sp³-hybridized carbons (Fsp3) is 0.261. The van der Waals surface area contributed by atoms with Gasteiger partial charge in [0.15, 0.2) is 5.69 Å². The summed E-state index contributed by atoms with van der Waals surface area (Å²) in [5.74, 6) is -1.24. The molecule has 0 unspecified atom stereocenters. The molecule has 166 valence electrons. The van der Waals surface area contributed by atoms with Gasteiger partial charge in [0.2, 0.25) is 5.91 Å². The Bertz CT molecular complexity index is 1170. The van der Waals surface area contributed by atoms with Gasteiger partial charge in [-0.25, -0.2) is 9.48 Å². The molecule has 0 saturated heterocycles. The molecule has 2 amide bonds. The van der Waals surface area contributed by atoms with E-state index in [1.807, 2.05) is 32.0 Å². The summed E-state index contributed by atoms with van der Waals surface area (Å²) in [7, 11) is 0. The van der Waals surface area contributed by atoms with E-state index in [2.05, 4.69) is 20.9 Å². The van der Waals surface area contributed by atoms with Crippen LogP contribution in [0, 0.1) is 20.8 Å². The molecule has 9 nitrogen and oxygen atoms in total. The van der Waals surface area contributed by atoms with Crippen molar-refractivity contribution in [1.82, 2.24) is 15.0 Å². The first-order valence-corrected chi connectivity index (χ1v) is 10.1. The van der Waals surface area contributed by atoms with E-state index in [9.17, 15) is 14.4 Å². The lowest BCUT2D eigenvalue weighted by Crippen LogP contribution is -2.21. The predicted octanol–water partition coefficient (Wildman–Crippen LogP) is 3.27. The smallest absolute Gasteiger partial charge is 0.338 e. The number of carbonyl (C=O) groups excluding carboxylic acids is 3. The second-order valence-corrected chi connectivity index (χ2v) is 7.30. The first-order chi connectivity index (χ1) is 15.3. The van der Waals surface area contributed by atoms with Crippen molar-refractivity contribution in [3.63, 3.8) is 0 Å². The Morgan fingerprint density at radius 2 is 1.81 bits per heavy atom. The summed E-state index contributed by atoms with van der Waals surface area (Å²) in [6.07, 6.45) is 0. The largest absolute Gasteiger partial charge is 0.462 e. The van der Waals surface area contributed by atoms with Gasteiger partial charge in [-0.15, -0.1) is 5.10 Å². The zero-order chi connectivity index (χ0) is 23.3. The van der Waals surface area contributed by atoms with Gasteiger partial charge in [0.1, 0.15) is 6.54 Å². The minimum Gasteiger partial charge on any atom is -0.462 e. The van der Waals surface area contributed by atoms with Gasteiger partial charge in [0, 0.05) is 11.4 Å². The standard InChI is InChI=1S/C23H25N5O4/c1-5-32-23(31)17-7-6-8-18(12-17)24-20(29)13-28-16(4)21(26-27-28)22(30)25-19-11-14(2)9-10-15(19)3/h6-12H,5,13H2,1-4H3,(H,24,29)(H,25,30). The molecule has 0 fully saturated rings. The lowest BCUT2D eigenvalue weighted by Gasteiger charge is -2.09. The van der Waals surface area contributed by atoms with Gasteiger partial charge in [0.05, 0.1) is 17.9 Å². The monoisotopic (exact) mass is 435 g/mol. The number of ether oxygens (including phenoxy) is 1. The van der Waals surface area contributed by atoms with Crippen LogP contribution in [0.15, 0.2) is 42.5 Å². The fourth-order valence-electron chi connectivity index (χ4n) is 3.05. The topological polar surface area (TPSA) is 115 Å². The van der Waals surface area contributed by atoms with Crippen LogP contribution in [0.25, 0.3) is 0 Å². The van der Waals surface area contributed by atoms with Crippen molar-refractivity contribution in [2.45, 2.75) is 34.2 Å². The highest BCUT2D eigenvalue weighted by molar-refractivity contribution is 6.04. The summed E-state index contributed by atoms with van der Waals surface area (Å²) in [6, 6.07) is 12.2. The molecule has 0 bridgehead atoms. The van der Waals surface area contributed by atoms with Crippen molar-refractivity contribution in [3.8, 4) is 0 Å². The molecule has 1 aromatic heterocycles. The van der Waals surface area contributed by atoms with Crippen LogP contribution in [0.4, 0.5) is 11.4 Å². The molecule has 0 aliphatic heterocycles. The zero-order valence-corrected chi connectivity index (χ0v) is 18.4. The summed E-state index contributed by atoms with van der Waals surface area (Å²) in [5, 5.41) is 13.4. The molecule has 0 spiro atoms. The molecule has 0 aliphatic rings. The third-order valence-corrected chi connectivity index (χ3v) is 4.79. The number of anilines is 2. The summed E-state index contributed by atoms with van der Waals surface area (Å²) in [4.78, 5) is 37.0. The Morgan fingerprint density at radius 3 is 2.56 bits per heavy atom. The minimum absolute atomic E-state index is 0.140. The van der Waals surface area contributed by atoms with Crippen molar-refractivity contribution in [1.29, 1.82) is 0 Å². The molecule has 9 heteroatoms. The highest BCUT2D eigenvalue weighted by Gasteiger charge is 2.19. The SMILES string of the molecule is CCOC(=O)c1cccc(NC(=O)Cn2nnc(C(=O)Nc3cc(C)ccc3C)c2C)c1. The number of amides is 2.